The van der Waals surface area contributed by atoms with E-state index in [1.807, 2.05) is 32.9 Å². The Hall–Kier alpha value is -3.24. The molecule has 0 saturated carbocycles. The van der Waals surface area contributed by atoms with E-state index >= 15 is 0 Å². The van der Waals surface area contributed by atoms with Gasteiger partial charge in [-0.2, -0.15) is 9.71 Å². The molecule has 0 fully saturated rings. The minimum Gasteiger partial charge on any atom is -0.468 e. The van der Waals surface area contributed by atoms with Crippen molar-refractivity contribution in [3.05, 3.63) is 42.3 Å². The highest BCUT2D eigenvalue weighted by atomic mass is 32.2. The minimum absolute atomic E-state index is 0.0173. The van der Waals surface area contributed by atoms with Crippen LogP contribution in [0.15, 0.2) is 50.2 Å². The van der Waals surface area contributed by atoms with E-state index in [9.17, 15) is 13.2 Å². The van der Waals surface area contributed by atoms with Crippen LogP contribution in [0.4, 0.5) is 0 Å². The van der Waals surface area contributed by atoms with Crippen molar-refractivity contribution in [2.45, 2.75) is 31.1 Å². The summed E-state index contributed by atoms with van der Waals surface area (Å²) < 4.78 is 42.9. The van der Waals surface area contributed by atoms with Gasteiger partial charge in [0.2, 0.25) is 21.7 Å². The molecule has 0 spiro atoms. The van der Waals surface area contributed by atoms with Gasteiger partial charge in [-0.3, -0.25) is 4.79 Å². The van der Waals surface area contributed by atoms with Crippen LogP contribution in [0.3, 0.4) is 0 Å². The average Bonchev–Trinajstić information content (AvgIpc) is 3.36. The lowest BCUT2D eigenvalue weighted by Crippen LogP contribution is -2.30. The van der Waals surface area contributed by atoms with Gasteiger partial charge in [0.25, 0.3) is 0 Å². The Morgan fingerprint density at radius 3 is 2.55 bits per heavy atom. The van der Waals surface area contributed by atoms with E-state index in [-0.39, 0.29) is 10.3 Å². The maximum atomic E-state index is 12.5. The van der Waals surface area contributed by atoms with Gasteiger partial charge in [-0.05, 0) is 30.3 Å². The Balaban J connectivity index is 1.72. The predicted octanol–water partition coefficient (Wildman–Crippen LogP) is 3.38. The van der Waals surface area contributed by atoms with Gasteiger partial charge in [0.1, 0.15) is 17.7 Å². The van der Waals surface area contributed by atoms with Crippen LogP contribution in [0.2, 0.25) is 0 Å². The van der Waals surface area contributed by atoms with E-state index in [4.69, 9.17) is 8.94 Å². The highest BCUT2D eigenvalue weighted by Gasteiger charge is 2.23. The van der Waals surface area contributed by atoms with Crippen LogP contribution in [0.5, 0.6) is 0 Å². The van der Waals surface area contributed by atoms with Gasteiger partial charge in [0, 0.05) is 21.8 Å². The summed E-state index contributed by atoms with van der Waals surface area (Å²) in [4.78, 5) is 15.7. The number of hydrogen-bond acceptors (Lipinski definition) is 8. The molecule has 0 amide bonds. The molecule has 9 nitrogen and oxygen atoms in total. The molecule has 0 saturated heterocycles. The minimum atomic E-state index is -3.89. The lowest BCUT2D eigenvalue weighted by Gasteiger charge is -2.10. The number of sulfonamides is 1. The number of esters is 1. The molecule has 1 N–H and O–H groups in total. The topological polar surface area (TPSA) is 125 Å². The standard InChI is InChI=1S/C21H21N3O6S/c1-21(2,3)20-23-19(24-30-20)12-5-7-14-15-10-13(6-8-16(15)29-17(14)9-12)31(26,27)22-11-18(25)28-4/h5-10,22H,11H2,1-4H3. The highest BCUT2D eigenvalue weighted by molar-refractivity contribution is 7.89. The largest absolute Gasteiger partial charge is 0.468 e. The molecule has 0 unspecified atom stereocenters. The molecule has 162 valence electrons. The molecule has 4 aromatic rings. The van der Waals surface area contributed by atoms with Gasteiger partial charge in [-0.15, -0.1) is 0 Å². The zero-order valence-electron chi connectivity index (χ0n) is 17.4. The second-order valence-corrected chi connectivity index (χ2v) is 9.81. The summed E-state index contributed by atoms with van der Waals surface area (Å²) in [7, 11) is -2.70. The van der Waals surface area contributed by atoms with Crippen molar-refractivity contribution in [2.75, 3.05) is 13.7 Å². The number of benzene rings is 2. The van der Waals surface area contributed by atoms with E-state index in [1.54, 1.807) is 12.1 Å². The zero-order chi connectivity index (χ0) is 22.4. The number of aromatic nitrogens is 2. The molecule has 0 radical (unpaired) electrons. The molecule has 2 aromatic heterocycles. The molecule has 2 aromatic carbocycles. The van der Waals surface area contributed by atoms with Crippen molar-refractivity contribution in [2.24, 2.45) is 0 Å². The summed E-state index contributed by atoms with van der Waals surface area (Å²) in [5.41, 5.74) is 1.55. The van der Waals surface area contributed by atoms with E-state index < -0.39 is 22.5 Å². The summed E-state index contributed by atoms with van der Waals surface area (Å²) in [6.45, 7) is 5.50. The van der Waals surface area contributed by atoms with E-state index in [0.717, 1.165) is 10.9 Å². The molecule has 0 atom stereocenters. The fraction of sp³-hybridized carbons (Fsp3) is 0.286. The number of nitrogens with one attached hydrogen (secondary N) is 1. The highest BCUT2D eigenvalue weighted by Crippen LogP contribution is 2.33. The number of methoxy groups -OCH3 is 1. The third-order valence-electron chi connectivity index (χ3n) is 4.71. The number of carbonyl (C=O) groups is 1. The molecule has 0 aliphatic carbocycles. The monoisotopic (exact) mass is 443 g/mol. The first-order valence-electron chi connectivity index (χ1n) is 9.46. The molecule has 0 aliphatic rings. The van der Waals surface area contributed by atoms with Gasteiger partial charge < -0.3 is 13.7 Å². The Morgan fingerprint density at radius 2 is 1.87 bits per heavy atom. The van der Waals surface area contributed by atoms with Crippen molar-refractivity contribution in [3.8, 4) is 11.4 Å². The third kappa shape index (κ3) is 4.04. The number of nitrogens with zero attached hydrogens (tertiary/aromatic N) is 2. The normalized spacial score (nSPS) is 12.5. The van der Waals surface area contributed by atoms with Gasteiger partial charge in [-0.1, -0.05) is 32.0 Å². The van der Waals surface area contributed by atoms with Gasteiger partial charge in [-0.25, -0.2) is 8.42 Å². The molecule has 4 rings (SSSR count). The summed E-state index contributed by atoms with van der Waals surface area (Å²) in [6.07, 6.45) is 0. The lowest BCUT2D eigenvalue weighted by molar-refractivity contribution is -0.139. The first kappa shape index (κ1) is 21.0. The summed E-state index contributed by atoms with van der Waals surface area (Å²) >= 11 is 0. The van der Waals surface area contributed by atoms with E-state index in [1.165, 1.54) is 19.2 Å². The summed E-state index contributed by atoms with van der Waals surface area (Å²) in [6, 6.07) is 9.93. The van der Waals surface area contributed by atoms with Gasteiger partial charge in [0.15, 0.2) is 0 Å². The lowest BCUT2D eigenvalue weighted by atomic mass is 9.97. The molecule has 2 heterocycles. The van der Waals surface area contributed by atoms with E-state index in [2.05, 4.69) is 19.6 Å². The third-order valence-corrected chi connectivity index (χ3v) is 6.11. The molecule has 0 bridgehead atoms. The molecule has 0 aliphatic heterocycles. The number of ether oxygens (including phenoxy) is 1. The van der Waals surface area contributed by atoms with Crippen LogP contribution in [-0.4, -0.2) is 38.2 Å². The van der Waals surface area contributed by atoms with Crippen LogP contribution in [0.25, 0.3) is 33.3 Å². The smallest absolute Gasteiger partial charge is 0.320 e. The number of furan rings is 1. The van der Waals surface area contributed by atoms with Gasteiger partial charge in [0.05, 0.1) is 12.0 Å². The number of rotatable bonds is 5. The van der Waals surface area contributed by atoms with Crippen LogP contribution >= 0.6 is 0 Å². The number of hydrogen-bond donors (Lipinski definition) is 1. The second-order valence-electron chi connectivity index (χ2n) is 8.04. The SMILES string of the molecule is COC(=O)CNS(=O)(=O)c1ccc2oc3cc(-c4noc(C(C)(C)C)n4)ccc3c2c1. The predicted molar refractivity (Wildman–Crippen MR) is 113 cm³/mol. The van der Waals surface area contributed by atoms with Crippen molar-refractivity contribution in [1.29, 1.82) is 0 Å². The maximum Gasteiger partial charge on any atom is 0.320 e. The maximum absolute atomic E-state index is 12.5. The Bertz CT molecular complexity index is 1400. The first-order chi connectivity index (χ1) is 14.6. The Labute approximate surface area is 178 Å². The van der Waals surface area contributed by atoms with Crippen LogP contribution in [0.1, 0.15) is 26.7 Å². The van der Waals surface area contributed by atoms with E-state index in [0.29, 0.717) is 28.3 Å². The van der Waals surface area contributed by atoms with Crippen LogP contribution < -0.4 is 4.72 Å². The van der Waals surface area contributed by atoms with Crippen molar-refractivity contribution >= 4 is 37.9 Å². The van der Waals surface area contributed by atoms with Crippen molar-refractivity contribution < 1.29 is 26.9 Å². The van der Waals surface area contributed by atoms with Crippen LogP contribution in [-0.2, 0) is 25.0 Å². The average molecular weight is 443 g/mol. The van der Waals surface area contributed by atoms with Gasteiger partial charge >= 0.3 is 5.97 Å². The molecule has 10 heteroatoms. The van der Waals surface area contributed by atoms with Crippen LogP contribution in [0, 0.1) is 0 Å². The number of fused-ring (bicyclic) bond motifs is 3. The summed E-state index contributed by atoms with van der Waals surface area (Å²) in [5.74, 6) is 0.297. The van der Waals surface area contributed by atoms with Crippen molar-refractivity contribution in [1.82, 2.24) is 14.9 Å². The summed E-state index contributed by atoms with van der Waals surface area (Å²) in [5, 5.41) is 5.42. The quantitative estimate of drug-likeness (QED) is 0.466. The Kier molecular flexibility index (Phi) is 5.06. The first-order valence-corrected chi connectivity index (χ1v) is 10.9. The molecule has 31 heavy (non-hydrogen) atoms. The fourth-order valence-corrected chi connectivity index (χ4v) is 4.01. The Morgan fingerprint density at radius 1 is 1.10 bits per heavy atom. The zero-order valence-corrected chi connectivity index (χ0v) is 18.2. The number of carbonyl (C=O) groups excluding carboxylic acids is 1. The molecular weight excluding hydrogens is 422 g/mol. The molecular formula is C21H21N3O6S. The van der Waals surface area contributed by atoms with Crippen molar-refractivity contribution in [3.63, 3.8) is 0 Å². The second kappa shape index (κ2) is 7.47. The fourth-order valence-electron chi connectivity index (χ4n) is 3.02.